The van der Waals surface area contributed by atoms with E-state index < -0.39 is 0 Å². The Bertz CT molecular complexity index is 450. The molecule has 1 fully saturated rings. The highest BCUT2D eigenvalue weighted by Gasteiger charge is 2.24. The summed E-state index contributed by atoms with van der Waals surface area (Å²) in [7, 11) is 0. The standard InChI is InChI=1S/C11H15N3O2S.ClH/c1-8-7-10(13-3-5-17-6-4-13)11(14(15)16)9(2)12-8;/h7H,3-6H2,1-2H3;1H. The topological polar surface area (TPSA) is 59.3 Å². The fourth-order valence-corrected chi connectivity index (χ4v) is 2.98. The first-order chi connectivity index (χ1) is 8.09. The fraction of sp³-hybridized carbons (Fsp3) is 0.545. The molecule has 7 heteroatoms. The van der Waals surface area contributed by atoms with Crippen LogP contribution in [0.5, 0.6) is 0 Å². The van der Waals surface area contributed by atoms with E-state index in [1.165, 1.54) is 0 Å². The molecule has 0 bridgehead atoms. The molecule has 0 aromatic carbocycles. The van der Waals surface area contributed by atoms with Gasteiger partial charge in [0.25, 0.3) is 0 Å². The molecule has 1 aromatic heterocycles. The molecular formula is C11H16ClN3O2S. The van der Waals surface area contributed by atoms with Gasteiger partial charge >= 0.3 is 5.69 Å². The number of aryl methyl sites for hydroxylation is 2. The summed E-state index contributed by atoms with van der Waals surface area (Å²) in [5.74, 6) is 2.05. The minimum absolute atomic E-state index is 0. The molecule has 0 N–H and O–H groups in total. The highest BCUT2D eigenvalue weighted by molar-refractivity contribution is 7.99. The van der Waals surface area contributed by atoms with Crippen molar-refractivity contribution < 1.29 is 4.92 Å². The monoisotopic (exact) mass is 289 g/mol. The van der Waals surface area contributed by atoms with Gasteiger partial charge in [-0.1, -0.05) is 0 Å². The molecule has 1 aliphatic heterocycles. The van der Waals surface area contributed by atoms with Gasteiger partial charge in [0.05, 0.1) is 4.92 Å². The third-order valence-corrected chi connectivity index (χ3v) is 3.75. The van der Waals surface area contributed by atoms with Crippen LogP contribution in [0.25, 0.3) is 0 Å². The molecule has 1 aliphatic rings. The van der Waals surface area contributed by atoms with Crippen molar-refractivity contribution in [3.63, 3.8) is 0 Å². The SMILES string of the molecule is Cc1cc(N2CCSCC2)c([N+](=O)[O-])c(C)n1.Cl. The Balaban J connectivity index is 0.00000162. The number of pyridine rings is 1. The van der Waals surface area contributed by atoms with Crippen LogP contribution in [0.15, 0.2) is 6.07 Å². The van der Waals surface area contributed by atoms with E-state index in [9.17, 15) is 10.1 Å². The summed E-state index contributed by atoms with van der Waals surface area (Å²) in [5, 5.41) is 11.1. The smallest absolute Gasteiger partial charge is 0.313 e. The van der Waals surface area contributed by atoms with Gasteiger partial charge in [0.1, 0.15) is 11.4 Å². The van der Waals surface area contributed by atoms with Crippen LogP contribution < -0.4 is 4.90 Å². The van der Waals surface area contributed by atoms with E-state index in [4.69, 9.17) is 0 Å². The molecule has 0 saturated carbocycles. The van der Waals surface area contributed by atoms with E-state index in [0.717, 1.165) is 36.0 Å². The van der Waals surface area contributed by atoms with Crippen molar-refractivity contribution in [3.05, 3.63) is 27.6 Å². The third-order valence-electron chi connectivity index (χ3n) is 2.81. The first kappa shape index (κ1) is 15.0. The third kappa shape index (κ3) is 3.05. The summed E-state index contributed by atoms with van der Waals surface area (Å²) < 4.78 is 0. The molecule has 0 unspecified atom stereocenters. The molecule has 18 heavy (non-hydrogen) atoms. The maximum atomic E-state index is 11.1. The van der Waals surface area contributed by atoms with E-state index in [1.807, 2.05) is 24.8 Å². The number of nitrogens with zero attached hydrogens (tertiary/aromatic N) is 3. The van der Waals surface area contributed by atoms with Crippen LogP contribution >= 0.6 is 24.2 Å². The zero-order valence-corrected chi connectivity index (χ0v) is 12.0. The van der Waals surface area contributed by atoms with Crippen molar-refractivity contribution in [3.8, 4) is 0 Å². The minimum Gasteiger partial charge on any atom is -0.364 e. The van der Waals surface area contributed by atoms with Gasteiger partial charge < -0.3 is 4.90 Å². The normalized spacial score (nSPS) is 15.1. The molecule has 0 amide bonds. The summed E-state index contributed by atoms with van der Waals surface area (Å²) in [6, 6.07) is 1.82. The molecule has 1 aromatic rings. The van der Waals surface area contributed by atoms with Crippen molar-refractivity contribution in [1.82, 2.24) is 4.98 Å². The first-order valence-electron chi connectivity index (χ1n) is 5.55. The van der Waals surface area contributed by atoms with Crippen LogP contribution in [0.2, 0.25) is 0 Å². The van der Waals surface area contributed by atoms with Gasteiger partial charge in [0.15, 0.2) is 0 Å². The molecule has 100 valence electrons. The summed E-state index contributed by atoms with van der Waals surface area (Å²) >= 11 is 1.89. The zero-order valence-electron chi connectivity index (χ0n) is 10.4. The van der Waals surface area contributed by atoms with Crippen molar-refractivity contribution >= 4 is 35.5 Å². The van der Waals surface area contributed by atoms with Crippen LogP contribution in [0.3, 0.4) is 0 Å². The molecule has 0 radical (unpaired) electrons. The predicted octanol–water partition coefficient (Wildman–Crippen LogP) is 2.58. The second kappa shape index (κ2) is 6.24. The lowest BCUT2D eigenvalue weighted by atomic mass is 10.2. The van der Waals surface area contributed by atoms with Crippen LogP contribution in [-0.4, -0.2) is 34.5 Å². The molecule has 0 aliphatic carbocycles. The average molecular weight is 290 g/mol. The highest BCUT2D eigenvalue weighted by atomic mass is 35.5. The number of rotatable bonds is 2. The van der Waals surface area contributed by atoms with Crippen molar-refractivity contribution in [2.45, 2.75) is 13.8 Å². The average Bonchev–Trinajstić information content (AvgIpc) is 2.28. The minimum atomic E-state index is -0.321. The van der Waals surface area contributed by atoms with Crippen LogP contribution in [0, 0.1) is 24.0 Å². The summed E-state index contributed by atoms with van der Waals surface area (Å²) in [5.41, 5.74) is 2.22. The quantitative estimate of drug-likeness (QED) is 0.619. The molecule has 1 saturated heterocycles. The molecule has 0 spiro atoms. The molecule has 0 atom stereocenters. The second-order valence-electron chi connectivity index (χ2n) is 4.07. The van der Waals surface area contributed by atoms with Gasteiger partial charge in [-0.3, -0.25) is 15.1 Å². The van der Waals surface area contributed by atoms with Crippen molar-refractivity contribution in [2.24, 2.45) is 0 Å². The Morgan fingerprint density at radius 1 is 1.39 bits per heavy atom. The van der Waals surface area contributed by atoms with Gasteiger partial charge in [-0.2, -0.15) is 11.8 Å². The van der Waals surface area contributed by atoms with Crippen LogP contribution in [-0.2, 0) is 0 Å². The molecular weight excluding hydrogens is 274 g/mol. The van der Waals surface area contributed by atoms with Gasteiger partial charge in [-0.05, 0) is 19.9 Å². The van der Waals surface area contributed by atoms with Crippen LogP contribution in [0.4, 0.5) is 11.4 Å². The van der Waals surface area contributed by atoms with Gasteiger partial charge in [0.2, 0.25) is 0 Å². The predicted molar refractivity (Wildman–Crippen MR) is 77.2 cm³/mol. The summed E-state index contributed by atoms with van der Waals surface area (Å²) in [6.07, 6.45) is 0. The van der Waals surface area contributed by atoms with Crippen molar-refractivity contribution in [2.75, 3.05) is 29.5 Å². The Kier molecular flexibility index (Phi) is 5.22. The Morgan fingerprint density at radius 3 is 2.56 bits per heavy atom. The van der Waals surface area contributed by atoms with Crippen molar-refractivity contribution in [1.29, 1.82) is 0 Å². The molecule has 2 heterocycles. The largest absolute Gasteiger partial charge is 0.364 e. The summed E-state index contributed by atoms with van der Waals surface area (Å²) in [6.45, 7) is 5.31. The Morgan fingerprint density at radius 2 is 2.00 bits per heavy atom. The number of hydrogen-bond donors (Lipinski definition) is 0. The lowest BCUT2D eigenvalue weighted by Gasteiger charge is -2.28. The fourth-order valence-electron chi connectivity index (χ4n) is 2.07. The number of aromatic nitrogens is 1. The molecule has 2 rings (SSSR count). The number of thioether (sulfide) groups is 1. The van der Waals surface area contributed by atoms with Gasteiger partial charge in [0, 0.05) is 30.3 Å². The maximum absolute atomic E-state index is 11.1. The lowest BCUT2D eigenvalue weighted by Crippen LogP contribution is -2.33. The van der Waals surface area contributed by atoms with Gasteiger partial charge in [-0.25, -0.2) is 0 Å². The Labute approximate surface area is 117 Å². The zero-order chi connectivity index (χ0) is 12.4. The van der Waals surface area contributed by atoms with E-state index in [0.29, 0.717) is 5.69 Å². The highest BCUT2D eigenvalue weighted by Crippen LogP contribution is 2.32. The maximum Gasteiger partial charge on any atom is 0.313 e. The number of anilines is 1. The van der Waals surface area contributed by atoms with Crippen LogP contribution in [0.1, 0.15) is 11.4 Å². The summed E-state index contributed by atoms with van der Waals surface area (Å²) in [4.78, 5) is 17.1. The lowest BCUT2D eigenvalue weighted by molar-refractivity contribution is -0.385. The van der Waals surface area contributed by atoms with Gasteiger partial charge in [-0.15, -0.1) is 12.4 Å². The second-order valence-corrected chi connectivity index (χ2v) is 5.30. The van der Waals surface area contributed by atoms with E-state index in [-0.39, 0.29) is 23.0 Å². The van der Waals surface area contributed by atoms with E-state index in [2.05, 4.69) is 9.88 Å². The van der Waals surface area contributed by atoms with E-state index in [1.54, 1.807) is 6.92 Å². The first-order valence-corrected chi connectivity index (χ1v) is 6.70. The molecule has 5 nitrogen and oxygen atoms in total. The number of hydrogen-bond acceptors (Lipinski definition) is 5. The number of halogens is 1. The van der Waals surface area contributed by atoms with E-state index >= 15 is 0 Å². The Hall–Kier alpha value is -1.01. The number of nitro groups is 1.